The Hall–Kier alpha value is -1.12. The second-order valence-corrected chi connectivity index (χ2v) is 2.33. The monoisotopic (exact) mass is 250 g/mol. The fraction of sp³-hybridized carbons (Fsp3) is 0.500. The van der Waals surface area contributed by atoms with Gasteiger partial charge in [-0.25, -0.2) is 0 Å². The first-order valence-electron chi connectivity index (χ1n) is 3.29. The molecule has 0 atom stereocenters. The van der Waals surface area contributed by atoms with Gasteiger partial charge in [0.15, 0.2) is 0 Å². The Kier molecular flexibility index (Phi) is 8.00. The molecule has 1 radical (unpaired) electrons. The molecule has 0 aromatic carbocycles. The van der Waals surface area contributed by atoms with Crippen molar-refractivity contribution in [2.45, 2.75) is 0 Å². The molecule has 0 saturated heterocycles. The zero-order chi connectivity index (χ0) is 10.4. The van der Waals surface area contributed by atoms with Crippen LogP contribution in [0.5, 0.6) is 0 Å². The summed E-state index contributed by atoms with van der Waals surface area (Å²) in [6.45, 7) is -1.80. The number of carboxylic acid groups (broad SMARTS) is 3. The minimum absolute atomic E-state index is 0. The smallest absolute Gasteiger partial charge is 0.317 e. The zero-order valence-electron chi connectivity index (χ0n) is 6.97. The van der Waals surface area contributed by atoms with Gasteiger partial charge in [0.25, 0.3) is 0 Å². The summed E-state index contributed by atoms with van der Waals surface area (Å²) < 4.78 is 0. The molecule has 0 unspecified atom stereocenters. The Balaban J connectivity index is 0. The zero-order valence-corrected chi connectivity index (χ0v) is 8.01. The van der Waals surface area contributed by atoms with Crippen molar-refractivity contribution in [2.75, 3.05) is 19.6 Å². The molecule has 3 N–H and O–H groups in total. The molecule has 7 nitrogen and oxygen atoms in total. The van der Waals surface area contributed by atoms with E-state index in [2.05, 4.69) is 0 Å². The van der Waals surface area contributed by atoms with Crippen molar-refractivity contribution in [1.82, 2.24) is 4.90 Å². The maximum absolute atomic E-state index is 10.1. The third kappa shape index (κ3) is 8.97. The van der Waals surface area contributed by atoms with Crippen molar-refractivity contribution in [2.24, 2.45) is 0 Å². The maximum atomic E-state index is 10.1. The molecule has 0 aliphatic heterocycles. The van der Waals surface area contributed by atoms with Crippen molar-refractivity contribution < 1.29 is 46.5 Å². The molecule has 0 rings (SSSR count). The van der Waals surface area contributed by atoms with E-state index in [4.69, 9.17) is 15.3 Å². The van der Waals surface area contributed by atoms with Crippen LogP contribution in [0, 0.1) is 0 Å². The van der Waals surface area contributed by atoms with E-state index in [1.54, 1.807) is 0 Å². The predicted octanol–water partition coefficient (Wildman–Crippen LogP) is -1.46. The van der Waals surface area contributed by atoms with Crippen molar-refractivity contribution >= 4 is 17.9 Å². The first kappa shape index (κ1) is 15.4. The van der Waals surface area contributed by atoms with Gasteiger partial charge in [0.1, 0.15) is 0 Å². The van der Waals surface area contributed by atoms with Gasteiger partial charge in [-0.05, 0) is 0 Å². The maximum Gasteiger partial charge on any atom is 0.317 e. The van der Waals surface area contributed by atoms with E-state index < -0.39 is 37.5 Å². The number of hydrogen-bond donors (Lipinski definition) is 3. The summed E-state index contributed by atoms with van der Waals surface area (Å²) in [4.78, 5) is 31.2. The molecule has 0 heterocycles. The molecule has 14 heavy (non-hydrogen) atoms. The summed E-state index contributed by atoms with van der Waals surface area (Å²) in [5.74, 6) is -3.78. The molecule has 0 fully saturated rings. The van der Waals surface area contributed by atoms with Gasteiger partial charge in [0, 0.05) is 16.8 Å². The molecule has 0 saturated carbocycles. The standard InChI is InChI=1S/C6H9NO6.Co/c8-4(9)1-7(2-5(10)11)3-6(12)13;/h1-3H2,(H,8,9)(H,10,11)(H,12,13);. The van der Waals surface area contributed by atoms with Gasteiger partial charge < -0.3 is 15.3 Å². The van der Waals surface area contributed by atoms with E-state index in [0.717, 1.165) is 4.90 Å². The molecule has 0 aliphatic rings. The van der Waals surface area contributed by atoms with Crippen LogP contribution in [0.1, 0.15) is 0 Å². The van der Waals surface area contributed by atoms with Crippen LogP contribution in [0.25, 0.3) is 0 Å². The van der Waals surface area contributed by atoms with Crippen LogP contribution in [0.4, 0.5) is 0 Å². The van der Waals surface area contributed by atoms with Gasteiger partial charge in [-0.2, -0.15) is 0 Å². The van der Waals surface area contributed by atoms with E-state index in [0.29, 0.717) is 0 Å². The van der Waals surface area contributed by atoms with Crippen LogP contribution >= 0.6 is 0 Å². The first-order valence-corrected chi connectivity index (χ1v) is 3.29. The summed E-state index contributed by atoms with van der Waals surface area (Å²) in [7, 11) is 0. The summed E-state index contributed by atoms with van der Waals surface area (Å²) in [5, 5.41) is 24.8. The molecule has 0 aromatic rings. The van der Waals surface area contributed by atoms with Crippen molar-refractivity contribution in [3.05, 3.63) is 0 Å². The molecule has 0 bridgehead atoms. The molecule has 0 aliphatic carbocycles. The van der Waals surface area contributed by atoms with E-state index in [1.165, 1.54) is 0 Å². The normalized spacial score (nSPS) is 9.21. The number of aliphatic carboxylic acids is 3. The molecule has 0 amide bonds. The number of nitrogens with zero attached hydrogens (tertiary/aromatic N) is 1. The Morgan fingerprint density at radius 1 is 0.786 bits per heavy atom. The minimum atomic E-state index is -1.26. The Morgan fingerprint density at radius 2 is 1.00 bits per heavy atom. The largest absolute Gasteiger partial charge is 0.480 e. The van der Waals surface area contributed by atoms with Crippen LogP contribution in [0.3, 0.4) is 0 Å². The number of carbonyl (C=O) groups is 3. The molecule has 8 heteroatoms. The van der Waals surface area contributed by atoms with Crippen LogP contribution in [-0.2, 0) is 31.2 Å². The SMILES string of the molecule is O=C(O)CN(CC(=O)O)CC(=O)O.[Co]. The van der Waals surface area contributed by atoms with Crippen LogP contribution in [0.2, 0.25) is 0 Å². The summed E-state index contributed by atoms with van der Waals surface area (Å²) in [5.41, 5.74) is 0. The molecule has 83 valence electrons. The topological polar surface area (TPSA) is 115 Å². The first-order chi connectivity index (χ1) is 5.91. The van der Waals surface area contributed by atoms with Crippen LogP contribution in [0.15, 0.2) is 0 Å². The third-order valence-corrected chi connectivity index (χ3v) is 1.08. The van der Waals surface area contributed by atoms with Gasteiger partial charge >= 0.3 is 17.9 Å². The van der Waals surface area contributed by atoms with Gasteiger partial charge in [-0.1, -0.05) is 0 Å². The third-order valence-electron chi connectivity index (χ3n) is 1.08. The number of carboxylic acids is 3. The summed E-state index contributed by atoms with van der Waals surface area (Å²) >= 11 is 0. The van der Waals surface area contributed by atoms with Crippen molar-refractivity contribution in [1.29, 1.82) is 0 Å². The van der Waals surface area contributed by atoms with Crippen molar-refractivity contribution in [3.8, 4) is 0 Å². The van der Waals surface area contributed by atoms with Crippen LogP contribution < -0.4 is 0 Å². The van der Waals surface area contributed by atoms with Gasteiger partial charge in [0.05, 0.1) is 19.6 Å². The molecule has 0 aromatic heterocycles. The predicted molar refractivity (Wildman–Crippen MR) is 39.3 cm³/mol. The molecular weight excluding hydrogens is 241 g/mol. The van der Waals surface area contributed by atoms with Crippen LogP contribution in [-0.4, -0.2) is 57.8 Å². The second kappa shape index (κ2) is 7.30. The summed E-state index contributed by atoms with van der Waals surface area (Å²) in [6.07, 6.45) is 0. The van der Waals surface area contributed by atoms with Gasteiger partial charge in [-0.15, -0.1) is 0 Å². The fourth-order valence-electron chi connectivity index (χ4n) is 0.742. The molecule has 0 spiro atoms. The van der Waals surface area contributed by atoms with E-state index >= 15 is 0 Å². The average Bonchev–Trinajstić information content (AvgIpc) is 1.80. The van der Waals surface area contributed by atoms with Crippen molar-refractivity contribution in [3.63, 3.8) is 0 Å². The second-order valence-electron chi connectivity index (χ2n) is 2.33. The Morgan fingerprint density at radius 3 is 1.14 bits per heavy atom. The quantitative estimate of drug-likeness (QED) is 0.527. The van der Waals surface area contributed by atoms with E-state index in [1.807, 2.05) is 0 Å². The van der Waals surface area contributed by atoms with Gasteiger partial charge in [-0.3, -0.25) is 19.3 Å². The van der Waals surface area contributed by atoms with E-state index in [9.17, 15) is 14.4 Å². The summed E-state index contributed by atoms with van der Waals surface area (Å²) in [6, 6.07) is 0. The molecular formula is C6H9CoNO6. The van der Waals surface area contributed by atoms with E-state index in [-0.39, 0.29) is 16.8 Å². The Bertz CT molecular complexity index is 192. The Labute approximate surface area is 89.5 Å². The number of hydrogen-bond acceptors (Lipinski definition) is 4. The fourth-order valence-corrected chi connectivity index (χ4v) is 0.742. The number of rotatable bonds is 6. The van der Waals surface area contributed by atoms with Gasteiger partial charge in [0.2, 0.25) is 0 Å². The minimum Gasteiger partial charge on any atom is -0.480 e. The average molecular weight is 250 g/mol.